The minimum atomic E-state index is -1.27. The van der Waals surface area contributed by atoms with Crippen LogP contribution >= 0.6 is 11.8 Å². The number of thioether (sulfide) groups is 1. The summed E-state index contributed by atoms with van der Waals surface area (Å²) in [4.78, 5) is 15.2. The van der Waals surface area contributed by atoms with Crippen LogP contribution in [0.5, 0.6) is 5.75 Å². The molecule has 0 saturated carbocycles. The van der Waals surface area contributed by atoms with Gasteiger partial charge in [-0.2, -0.15) is 0 Å². The van der Waals surface area contributed by atoms with Gasteiger partial charge in [0.1, 0.15) is 18.0 Å². The highest BCUT2D eigenvalue weighted by Crippen LogP contribution is 2.29. The third kappa shape index (κ3) is 3.21. The summed E-state index contributed by atoms with van der Waals surface area (Å²) in [5.74, 6) is -0.0317. The summed E-state index contributed by atoms with van der Waals surface area (Å²) in [6, 6.07) is 1.43. The van der Waals surface area contributed by atoms with Crippen LogP contribution in [-0.4, -0.2) is 62.9 Å². The average Bonchev–Trinajstić information content (AvgIpc) is 2.47. The third-order valence-corrected chi connectivity index (χ3v) is 4.08. The summed E-state index contributed by atoms with van der Waals surface area (Å²) >= 11 is 1.17. The van der Waals surface area contributed by atoms with Crippen LogP contribution in [0.3, 0.4) is 0 Å². The summed E-state index contributed by atoms with van der Waals surface area (Å²) in [5.41, 5.74) is -0.524. The number of carbonyl (C=O) groups is 1. The molecule has 0 amide bonds. The molecule has 7 nitrogen and oxygen atoms in total. The lowest BCUT2D eigenvalue weighted by molar-refractivity contribution is -0.0786. The van der Waals surface area contributed by atoms with Crippen molar-refractivity contribution in [2.24, 2.45) is 0 Å². The summed E-state index contributed by atoms with van der Waals surface area (Å²) in [6.45, 7) is 0. The Kier molecular flexibility index (Phi) is 4.81. The molecule has 0 spiro atoms. The van der Waals surface area contributed by atoms with Crippen molar-refractivity contribution < 1.29 is 29.6 Å². The van der Waals surface area contributed by atoms with E-state index in [1.807, 2.05) is 0 Å². The zero-order chi connectivity index (χ0) is 14.7. The van der Waals surface area contributed by atoms with Gasteiger partial charge in [0.15, 0.2) is 5.44 Å². The second-order valence-corrected chi connectivity index (χ2v) is 5.40. The molecule has 1 fully saturated rings. The number of aliphatic hydroxyl groups is 3. The first-order valence-corrected chi connectivity index (χ1v) is 6.93. The number of hydrogen-bond donors (Lipinski definition) is 3. The van der Waals surface area contributed by atoms with Crippen molar-refractivity contribution in [3.8, 4) is 5.75 Å². The number of carbonyl (C=O) groups excluding carboxylic acids is 1. The minimum Gasteiger partial charge on any atom is -0.475 e. The maximum atomic E-state index is 11.4. The van der Waals surface area contributed by atoms with E-state index in [4.69, 9.17) is 4.74 Å². The van der Waals surface area contributed by atoms with E-state index < -0.39 is 29.7 Å². The molecule has 1 aliphatic rings. The molecule has 0 aliphatic carbocycles. The largest absolute Gasteiger partial charge is 0.475 e. The second-order valence-electron chi connectivity index (χ2n) is 4.27. The van der Waals surface area contributed by atoms with Gasteiger partial charge >= 0.3 is 5.97 Å². The molecule has 1 saturated heterocycles. The minimum absolute atomic E-state index is 0.223. The van der Waals surface area contributed by atoms with E-state index >= 15 is 0 Å². The van der Waals surface area contributed by atoms with Crippen LogP contribution in [0.15, 0.2) is 18.5 Å². The summed E-state index contributed by atoms with van der Waals surface area (Å²) < 4.78 is 10.1. The quantitative estimate of drug-likeness (QED) is 0.635. The van der Waals surface area contributed by atoms with Crippen molar-refractivity contribution >= 4 is 17.7 Å². The first kappa shape index (κ1) is 15.0. The van der Waals surface area contributed by atoms with Gasteiger partial charge in [-0.25, -0.2) is 4.79 Å². The van der Waals surface area contributed by atoms with Crippen LogP contribution in [0.1, 0.15) is 10.4 Å². The van der Waals surface area contributed by atoms with Gasteiger partial charge in [0.05, 0.1) is 25.0 Å². The van der Waals surface area contributed by atoms with Crippen molar-refractivity contribution in [1.82, 2.24) is 4.98 Å². The van der Waals surface area contributed by atoms with Crippen molar-refractivity contribution in [2.45, 2.75) is 23.7 Å². The van der Waals surface area contributed by atoms with Crippen LogP contribution in [0.4, 0.5) is 0 Å². The Balaban J connectivity index is 2.08. The number of aliphatic hydroxyl groups excluding tert-OH is 3. The Bertz CT molecular complexity index is 485. The molecule has 2 heterocycles. The zero-order valence-corrected chi connectivity index (χ0v) is 11.5. The topological polar surface area (TPSA) is 109 Å². The fourth-order valence-electron chi connectivity index (χ4n) is 1.73. The van der Waals surface area contributed by atoms with E-state index in [-0.39, 0.29) is 17.1 Å². The normalized spacial score (nSPS) is 29.8. The average molecular weight is 301 g/mol. The number of hydrogen-bond acceptors (Lipinski definition) is 8. The van der Waals surface area contributed by atoms with E-state index in [1.54, 1.807) is 0 Å². The van der Waals surface area contributed by atoms with Gasteiger partial charge in [0.2, 0.25) is 0 Å². The summed E-state index contributed by atoms with van der Waals surface area (Å²) in [7, 11) is 1.26. The molecular formula is C12H15NO6S. The highest BCUT2D eigenvalue weighted by atomic mass is 32.2. The van der Waals surface area contributed by atoms with Gasteiger partial charge in [0.25, 0.3) is 0 Å². The number of pyridine rings is 1. The van der Waals surface area contributed by atoms with Crippen LogP contribution in [0, 0.1) is 0 Å². The molecule has 1 aromatic heterocycles. The molecular weight excluding hydrogens is 286 g/mol. The monoisotopic (exact) mass is 301 g/mol. The lowest BCUT2D eigenvalue weighted by atomic mass is 10.1. The van der Waals surface area contributed by atoms with Crippen LogP contribution in [0.25, 0.3) is 0 Å². The van der Waals surface area contributed by atoms with Gasteiger partial charge in [-0.15, -0.1) is 11.8 Å². The Morgan fingerprint density at radius 2 is 2.10 bits per heavy atom. The smallest absolute Gasteiger partial charge is 0.339 e. The van der Waals surface area contributed by atoms with Gasteiger partial charge in [-0.05, 0) is 6.07 Å². The zero-order valence-electron chi connectivity index (χ0n) is 10.7. The summed E-state index contributed by atoms with van der Waals surface area (Å²) in [5, 5.41) is 28.8. The molecule has 0 radical (unpaired) electrons. The van der Waals surface area contributed by atoms with Crippen molar-refractivity contribution in [3.63, 3.8) is 0 Å². The van der Waals surface area contributed by atoms with Crippen molar-refractivity contribution in [1.29, 1.82) is 0 Å². The van der Waals surface area contributed by atoms with Crippen LogP contribution < -0.4 is 4.74 Å². The highest BCUT2D eigenvalue weighted by Gasteiger charge is 2.38. The van der Waals surface area contributed by atoms with Gasteiger partial charge in [-0.1, -0.05) is 0 Å². The van der Waals surface area contributed by atoms with E-state index in [0.717, 1.165) is 0 Å². The fraction of sp³-hybridized carbons (Fsp3) is 0.500. The number of nitrogens with zero attached hydrogens (tertiary/aromatic N) is 1. The number of methoxy groups -OCH3 is 1. The molecule has 0 bridgehead atoms. The van der Waals surface area contributed by atoms with Gasteiger partial charge in [-0.3, -0.25) is 4.98 Å². The lowest BCUT2D eigenvalue weighted by Crippen LogP contribution is -2.50. The van der Waals surface area contributed by atoms with Crippen molar-refractivity contribution in [2.75, 3.05) is 12.9 Å². The number of rotatable bonds is 3. The number of ether oxygens (including phenoxy) is 2. The molecule has 1 aliphatic heterocycles. The van der Waals surface area contributed by atoms with E-state index in [9.17, 15) is 20.1 Å². The molecule has 0 unspecified atom stereocenters. The molecule has 8 heteroatoms. The van der Waals surface area contributed by atoms with E-state index in [1.165, 1.54) is 37.3 Å². The first-order chi connectivity index (χ1) is 9.52. The molecule has 20 heavy (non-hydrogen) atoms. The Morgan fingerprint density at radius 3 is 2.80 bits per heavy atom. The highest BCUT2D eigenvalue weighted by molar-refractivity contribution is 7.99. The Hall–Kier alpha value is -1.35. The lowest BCUT2D eigenvalue weighted by Gasteiger charge is -2.34. The summed E-state index contributed by atoms with van der Waals surface area (Å²) in [6.07, 6.45) is -0.767. The fourth-order valence-corrected chi connectivity index (χ4v) is 2.85. The Morgan fingerprint density at radius 1 is 1.35 bits per heavy atom. The molecule has 0 aromatic carbocycles. The predicted molar refractivity (Wildman–Crippen MR) is 70.5 cm³/mol. The van der Waals surface area contributed by atoms with Gasteiger partial charge in [0, 0.05) is 11.9 Å². The molecule has 2 rings (SSSR count). The molecule has 110 valence electrons. The van der Waals surface area contributed by atoms with Crippen molar-refractivity contribution in [3.05, 3.63) is 24.0 Å². The van der Waals surface area contributed by atoms with E-state index in [2.05, 4.69) is 9.72 Å². The maximum absolute atomic E-state index is 11.4. The standard InChI is InChI=1S/C12H15NO6S/c1-18-11(17)6-2-7(4-13-3-6)19-12-10(16)9(15)8(14)5-20-12/h2-4,8-10,12,14-16H,5H2,1H3/t8-,9+,10-,12-/m1/s1. The molecule has 4 atom stereocenters. The number of aromatic nitrogens is 1. The van der Waals surface area contributed by atoms with Crippen LogP contribution in [-0.2, 0) is 4.74 Å². The molecule has 3 N–H and O–H groups in total. The maximum Gasteiger partial charge on any atom is 0.339 e. The van der Waals surface area contributed by atoms with E-state index in [0.29, 0.717) is 0 Å². The number of esters is 1. The first-order valence-electron chi connectivity index (χ1n) is 5.88. The molecule has 1 aromatic rings. The second kappa shape index (κ2) is 6.40. The third-order valence-electron chi connectivity index (χ3n) is 2.84. The Labute approximate surface area is 119 Å². The van der Waals surface area contributed by atoms with Gasteiger partial charge < -0.3 is 24.8 Å². The SMILES string of the molecule is COC(=O)c1cncc(O[C@@H]2SC[C@@H](O)[C@H](O)[C@H]2O)c1. The van der Waals surface area contributed by atoms with Crippen LogP contribution in [0.2, 0.25) is 0 Å². The predicted octanol–water partition coefficient (Wildman–Crippen LogP) is -0.597.